The zero-order valence-corrected chi connectivity index (χ0v) is 26.3. The van der Waals surface area contributed by atoms with Gasteiger partial charge in [-0.1, -0.05) is 62.8 Å². The summed E-state index contributed by atoms with van der Waals surface area (Å²) in [4.78, 5) is 27.9. The summed E-state index contributed by atoms with van der Waals surface area (Å²) in [5.74, 6) is -1.54. The minimum absolute atomic E-state index is 0.0634. The molecule has 0 unspecified atom stereocenters. The molecule has 1 saturated heterocycles. The van der Waals surface area contributed by atoms with Gasteiger partial charge < -0.3 is 20.1 Å². The summed E-state index contributed by atoms with van der Waals surface area (Å²) in [5.41, 5.74) is 4.56. The first-order valence-corrected chi connectivity index (χ1v) is 15.4. The number of allylic oxidation sites excluding steroid dienone is 2. The molecule has 1 fully saturated rings. The third-order valence-electron chi connectivity index (χ3n) is 8.35. The van der Waals surface area contributed by atoms with Gasteiger partial charge in [0.1, 0.15) is 0 Å². The van der Waals surface area contributed by atoms with Gasteiger partial charge in [0.15, 0.2) is 11.5 Å². The zero-order chi connectivity index (χ0) is 29.8. The Morgan fingerprint density at radius 1 is 1.17 bits per heavy atom. The number of amides is 2. The Labute approximate surface area is 256 Å². The average Bonchev–Trinajstić information content (AvgIpc) is 3.20. The van der Waals surface area contributed by atoms with Crippen LogP contribution in [0.5, 0.6) is 11.5 Å². The third kappa shape index (κ3) is 6.39. The van der Waals surface area contributed by atoms with E-state index in [-0.39, 0.29) is 30.1 Å². The molecule has 0 spiro atoms. The highest BCUT2D eigenvalue weighted by Crippen LogP contribution is 2.48. The predicted molar refractivity (Wildman–Crippen MR) is 168 cm³/mol. The summed E-state index contributed by atoms with van der Waals surface area (Å²) in [6, 6.07) is 13.6. The van der Waals surface area contributed by atoms with Crippen molar-refractivity contribution < 1.29 is 29.6 Å². The lowest BCUT2D eigenvalue weighted by atomic mass is 9.66. The first kappa shape index (κ1) is 31.3. The summed E-state index contributed by atoms with van der Waals surface area (Å²) in [6.45, 7) is 6.10. The Morgan fingerprint density at radius 2 is 1.88 bits per heavy atom. The molecule has 0 aromatic heterocycles. The molecule has 0 bridgehead atoms. The predicted octanol–water partition coefficient (Wildman–Crippen LogP) is 5.66. The molecule has 8 heteroatoms. The molecule has 1 aliphatic carbocycles. The van der Waals surface area contributed by atoms with Crippen molar-refractivity contribution in [1.29, 1.82) is 0 Å². The van der Waals surface area contributed by atoms with Crippen molar-refractivity contribution in [3.63, 3.8) is 0 Å². The van der Waals surface area contributed by atoms with E-state index in [9.17, 15) is 24.9 Å². The van der Waals surface area contributed by atoms with Gasteiger partial charge in [-0.15, -0.1) is 0 Å². The maximum absolute atomic E-state index is 13.4. The van der Waals surface area contributed by atoms with E-state index in [4.69, 9.17) is 4.74 Å². The Hall–Kier alpha value is -2.69. The number of carbonyl (C=O) groups excluding carboxylic acids is 2. The number of fused-ring (bicyclic) bond motifs is 1. The maximum Gasteiger partial charge on any atom is 0.233 e. The van der Waals surface area contributed by atoms with Gasteiger partial charge in [0.2, 0.25) is 11.8 Å². The van der Waals surface area contributed by atoms with Gasteiger partial charge in [-0.2, -0.15) is 0 Å². The number of halogens is 1. The second-order valence-electron chi connectivity index (χ2n) is 11.2. The lowest BCUT2D eigenvalue weighted by molar-refractivity contribution is -0.140. The number of carbonyl (C=O) groups is 2. The van der Waals surface area contributed by atoms with E-state index in [1.54, 1.807) is 6.07 Å². The van der Waals surface area contributed by atoms with Gasteiger partial charge in [0.25, 0.3) is 0 Å². The van der Waals surface area contributed by atoms with Crippen LogP contribution in [0.2, 0.25) is 0 Å². The summed E-state index contributed by atoms with van der Waals surface area (Å²) in [5, 5.41) is 32.6. The van der Waals surface area contributed by atoms with E-state index in [2.05, 4.69) is 22.6 Å². The van der Waals surface area contributed by atoms with Crippen LogP contribution in [0.3, 0.4) is 0 Å². The largest absolute Gasteiger partial charge is 0.504 e. The molecular formula is C33H40INO6. The number of phenols is 1. The van der Waals surface area contributed by atoms with Crippen LogP contribution in [0.15, 0.2) is 53.6 Å². The number of hydrogen-bond donors (Lipinski definition) is 3. The number of ether oxygens (including phenoxy) is 1. The number of benzene rings is 2. The molecule has 2 aromatic rings. The first-order chi connectivity index (χ1) is 19.6. The topological polar surface area (TPSA) is 107 Å². The summed E-state index contributed by atoms with van der Waals surface area (Å²) >= 11 is 2.07. The molecule has 41 heavy (non-hydrogen) atoms. The van der Waals surface area contributed by atoms with Crippen LogP contribution in [0, 0.1) is 27.2 Å². The van der Waals surface area contributed by atoms with E-state index in [0.717, 1.165) is 27.8 Å². The van der Waals surface area contributed by atoms with Crippen LogP contribution in [0.4, 0.5) is 0 Å². The van der Waals surface area contributed by atoms with Crippen LogP contribution < -0.4 is 4.74 Å². The Balaban J connectivity index is 1.67. The summed E-state index contributed by atoms with van der Waals surface area (Å²) in [6.07, 6.45) is 3.18. The number of aliphatic hydroxyl groups is 2. The van der Waals surface area contributed by atoms with Gasteiger partial charge in [-0.3, -0.25) is 14.5 Å². The molecule has 0 radical (unpaired) electrons. The fourth-order valence-electron chi connectivity index (χ4n) is 6.39. The van der Waals surface area contributed by atoms with Gasteiger partial charge in [0, 0.05) is 12.5 Å². The van der Waals surface area contributed by atoms with Gasteiger partial charge >= 0.3 is 0 Å². The number of phenolic OH excluding ortho intramolecular Hbond substituents is 1. The van der Waals surface area contributed by atoms with Crippen LogP contribution >= 0.6 is 22.6 Å². The molecule has 2 aliphatic rings. The number of likely N-dealkylation sites (tertiary alicyclic amines) is 1. The SMILES string of the molecule is CCCN1C(=O)[C@@H]2[C@@H](CC(C(C)C)=C([C@H](O)CC/C(=C/c3cc(I)c(O)c(OC)c3)c3ccccc3)[C@@H]2CO)C1=O. The highest BCUT2D eigenvalue weighted by molar-refractivity contribution is 14.1. The number of rotatable bonds is 11. The molecule has 2 amide bonds. The van der Waals surface area contributed by atoms with Crippen LogP contribution in [0.1, 0.15) is 57.6 Å². The monoisotopic (exact) mass is 673 g/mol. The zero-order valence-electron chi connectivity index (χ0n) is 24.1. The van der Waals surface area contributed by atoms with Crippen LogP contribution in [-0.4, -0.2) is 58.4 Å². The maximum atomic E-state index is 13.4. The van der Waals surface area contributed by atoms with E-state index in [1.807, 2.05) is 63.2 Å². The smallest absolute Gasteiger partial charge is 0.233 e. The first-order valence-electron chi connectivity index (χ1n) is 14.3. The van der Waals surface area contributed by atoms with Crippen LogP contribution in [0.25, 0.3) is 11.6 Å². The van der Waals surface area contributed by atoms with Gasteiger partial charge in [-0.05, 0) is 88.6 Å². The van der Waals surface area contributed by atoms with Crippen LogP contribution in [-0.2, 0) is 9.59 Å². The molecule has 0 saturated carbocycles. The summed E-state index contributed by atoms with van der Waals surface area (Å²) in [7, 11) is 1.52. The van der Waals surface area contributed by atoms with Gasteiger partial charge in [-0.25, -0.2) is 0 Å². The Kier molecular flexibility index (Phi) is 10.3. The molecule has 4 rings (SSSR count). The highest BCUT2D eigenvalue weighted by Gasteiger charge is 2.54. The molecule has 3 N–H and O–H groups in total. The molecule has 220 valence electrons. The van der Waals surface area contributed by atoms with Crippen molar-refractivity contribution in [2.75, 3.05) is 20.3 Å². The minimum atomic E-state index is -0.879. The normalized spacial score (nSPS) is 22.0. The number of aromatic hydroxyl groups is 1. The fourth-order valence-corrected chi connectivity index (χ4v) is 7.01. The molecule has 2 aromatic carbocycles. The molecule has 1 aliphatic heterocycles. The molecule has 7 nitrogen and oxygen atoms in total. The quantitative estimate of drug-likeness (QED) is 0.123. The minimum Gasteiger partial charge on any atom is -0.504 e. The number of methoxy groups -OCH3 is 1. The Morgan fingerprint density at radius 3 is 2.49 bits per heavy atom. The van der Waals surface area contributed by atoms with Crippen molar-refractivity contribution in [1.82, 2.24) is 4.90 Å². The Bertz CT molecular complexity index is 1330. The number of aliphatic hydroxyl groups excluding tert-OH is 2. The number of hydrogen-bond acceptors (Lipinski definition) is 6. The third-order valence-corrected chi connectivity index (χ3v) is 9.18. The highest BCUT2D eigenvalue weighted by atomic mass is 127. The number of nitrogens with zero attached hydrogens (tertiary/aromatic N) is 1. The lowest BCUT2D eigenvalue weighted by Gasteiger charge is -2.38. The second-order valence-corrected chi connectivity index (χ2v) is 12.4. The van der Waals surface area contributed by atoms with Crippen molar-refractivity contribution in [3.8, 4) is 11.5 Å². The second kappa shape index (κ2) is 13.5. The van der Waals surface area contributed by atoms with Crippen molar-refractivity contribution >= 4 is 46.1 Å². The van der Waals surface area contributed by atoms with Crippen molar-refractivity contribution in [2.24, 2.45) is 23.7 Å². The average molecular weight is 674 g/mol. The van der Waals surface area contributed by atoms with Crippen molar-refractivity contribution in [2.45, 2.75) is 52.6 Å². The van der Waals surface area contributed by atoms with E-state index < -0.39 is 23.9 Å². The van der Waals surface area contributed by atoms with E-state index in [1.165, 1.54) is 12.0 Å². The lowest BCUT2D eigenvalue weighted by Crippen LogP contribution is -2.39. The van der Waals surface area contributed by atoms with Gasteiger partial charge in [0.05, 0.1) is 35.2 Å². The number of imide groups is 1. The standard InChI is InChI=1S/C33H40INO6/c1-5-13-35-32(39)24-17-23(19(2)3)29(25(18-36)30(24)33(35)40)27(37)12-11-22(21-9-7-6-8-10-21)14-20-15-26(34)31(38)28(16-20)41-4/h6-10,14-16,19,24-25,27,30,36-38H,5,11-13,17-18H2,1-4H3/b22-14-/t24-,25+,27-,30-/m1/s1. The van der Waals surface area contributed by atoms with Crippen molar-refractivity contribution in [3.05, 3.63) is 68.3 Å². The molecular weight excluding hydrogens is 633 g/mol. The molecule has 1 heterocycles. The fraction of sp³-hybridized carbons (Fsp3) is 0.455. The summed E-state index contributed by atoms with van der Waals surface area (Å²) < 4.78 is 6.02. The van der Waals surface area contributed by atoms with E-state index in [0.29, 0.717) is 41.5 Å². The molecule has 4 atom stereocenters. The van der Waals surface area contributed by atoms with E-state index >= 15 is 0 Å².